The Morgan fingerprint density at radius 2 is 2.12 bits per heavy atom. The largest absolute Gasteiger partial charge is 0.425 e. The third kappa shape index (κ3) is 5.30. The summed E-state index contributed by atoms with van der Waals surface area (Å²) >= 11 is 0. The van der Waals surface area contributed by atoms with Crippen LogP contribution in [-0.4, -0.2) is 44.1 Å². The molecule has 8 nitrogen and oxygen atoms in total. The number of anilines is 2. The molecule has 0 aliphatic carbocycles. The Balaban J connectivity index is 1.32. The summed E-state index contributed by atoms with van der Waals surface area (Å²) in [6, 6.07) is 8.01. The first-order chi connectivity index (χ1) is 15.5. The van der Waals surface area contributed by atoms with Crippen molar-refractivity contribution in [2.45, 2.75) is 58.3 Å². The van der Waals surface area contributed by atoms with Crippen LogP contribution in [-0.2, 0) is 11.2 Å². The zero-order chi connectivity index (χ0) is 22.5. The van der Waals surface area contributed by atoms with Crippen LogP contribution < -0.4 is 5.32 Å². The highest BCUT2D eigenvalue weighted by Crippen LogP contribution is 2.27. The van der Waals surface area contributed by atoms with Crippen molar-refractivity contribution in [2.75, 3.05) is 18.4 Å². The first-order valence-electron chi connectivity index (χ1n) is 11.2. The third-order valence-electron chi connectivity index (χ3n) is 5.78. The standard InChI is InChI=1S/C24H30N6O2/c1-16(2)24-29-28-21(32-24)10-11-22(31)30-13-5-7-18(15-30)20-9-8-19(14-26-20)27-23-17(3)6-4-12-25-23/h4,6,8-9,12,14,16,18H,5,7,10-11,13,15H2,1-3H3,(H,25,27)/t18-/m1/s1. The van der Waals surface area contributed by atoms with Crippen molar-refractivity contribution < 1.29 is 9.21 Å². The van der Waals surface area contributed by atoms with E-state index in [9.17, 15) is 4.79 Å². The van der Waals surface area contributed by atoms with Gasteiger partial charge in [-0.3, -0.25) is 9.78 Å². The zero-order valence-corrected chi connectivity index (χ0v) is 18.9. The molecule has 0 saturated carbocycles. The number of aryl methyl sites for hydroxylation is 2. The van der Waals surface area contributed by atoms with E-state index in [1.165, 1.54) is 0 Å². The molecule has 1 atom stereocenters. The fourth-order valence-corrected chi connectivity index (χ4v) is 3.89. The number of likely N-dealkylation sites (tertiary alicyclic amines) is 1. The second-order valence-corrected chi connectivity index (χ2v) is 8.63. The van der Waals surface area contributed by atoms with Crippen LogP contribution in [0.1, 0.15) is 68.0 Å². The maximum absolute atomic E-state index is 12.8. The number of piperidine rings is 1. The van der Waals surface area contributed by atoms with Gasteiger partial charge in [0, 0.05) is 49.7 Å². The lowest BCUT2D eigenvalue weighted by atomic mass is 9.94. The van der Waals surface area contributed by atoms with Gasteiger partial charge < -0.3 is 14.6 Å². The minimum Gasteiger partial charge on any atom is -0.425 e. The van der Waals surface area contributed by atoms with Crippen LogP contribution in [0.25, 0.3) is 0 Å². The average molecular weight is 435 g/mol. The Labute approximate surface area is 188 Å². The number of aromatic nitrogens is 4. The molecule has 1 amide bonds. The Morgan fingerprint density at radius 1 is 1.25 bits per heavy atom. The molecule has 0 unspecified atom stereocenters. The summed E-state index contributed by atoms with van der Waals surface area (Å²) in [7, 11) is 0. The first kappa shape index (κ1) is 21.9. The van der Waals surface area contributed by atoms with Crippen molar-refractivity contribution in [2.24, 2.45) is 0 Å². The molecular formula is C24H30N6O2. The molecule has 1 aliphatic heterocycles. The minimum absolute atomic E-state index is 0.128. The summed E-state index contributed by atoms with van der Waals surface area (Å²) in [5.41, 5.74) is 3.00. The van der Waals surface area contributed by atoms with Gasteiger partial charge in [-0.05, 0) is 43.5 Å². The summed E-state index contributed by atoms with van der Waals surface area (Å²) < 4.78 is 5.62. The Morgan fingerprint density at radius 3 is 2.84 bits per heavy atom. The minimum atomic E-state index is 0.128. The van der Waals surface area contributed by atoms with Gasteiger partial charge in [-0.25, -0.2) is 4.98 Å². The molecule has 32 heavy (non-hydrogen) atoms. The predicted octanol–water partition coefficient (Wildman–Crippen LogP) is 4.37. The summed E-state index contributed by atoms with van der Waals surface area (Å²) in [5.74, 6) is 2.54. The molecule has 0 spiro atoms. The highest BCUT2D eigenvalue weighted by atomic mass is 16.4. The third-order valence-corrected chi connectivity index (χ3v) is 5.78. The molecule has 4 heterocycles. The maximum atomic E-state index is 12.8. The van der Waals surface area contributed by atoms with Crippen LogP contribution in [0.2, 0.25) is 0 Å². The SMILES string of the molecule is Cc1cccnc1Nc1ccc([C@@H]2CCCN(C(=O)CCc3nnc(C(C)C)o3)C2)nc1. The van der Waals surface area contributed by atoms with Crippen molar-refractivity contribution in [3.05, 3.63) is 59.7 Å². The monoisotopic (exact) mass is 434 g/mol. The number of nitrogens with one attached hydrogen (secondary N) is 1. The van der Waals surface area contributed by atoms with Gasteiger partial charge >= 0.3 is 0 Å². The van der Waals surface area contributed by atoms with Gasteiger partial charge in [0.15, 0.2) is 0 Å². The van der Waals surface area contributed by atoms with Crippen LogP contribution in [0, 0.1) is 6.92 Å². The summed E-state index contributed by atoms with van der Waals surface area (Å²) in [6.45, 7) is 7.51. The van der Waals surface area contributed by atoms with Crippen LogP contribution in [0.4, 0.5) is 11.5 Å². The Bertz CT molecular complexity index is 1050. The van der Waals surface area contributed by atoms with E-state index < -0.39 is 0 Å². The van der Waals surface area contributed by atoms with Gasteiger partial charge in [-0.1, -0.05) is 19.9 Å². The van der Waals surface area contributed by atoms with Crippen LogP contribution in [0.5, 0.6) is 0 Å². The van der Waals surface area contributed by atoms with Crippen LogP contribution in [0.3, 0.4) is 0 Å². The molecule has 4 rings (SSSR count). The van der Waals surface area contributed by atoms with Gasteiger partial charge in [0.1, 0.15) is 5.82 Å². The molecule has 1 aliphatic rings. The van der Waals surface area contributed by atoms with E-state index in [4.69, 9.17) is 4.42 Å². The van der Waals surface area contributed by atoms with Crippen LogP contribution >= 0.6 is 0 Å². The molecular weight excluding hydrogens is 404 g/mol. The lowest BCUT2D eigenvalue weighted by Gasteiger charge is -2.32. The Kier molecular flexibility index (Phi) is 6.78. The number of carbonyl (C=O) groups is 1. The molecule has 3 aromatic heterocycles. The van der Waals surface area contributed by atoms with Crippen molar-refractivity contribution in [3.8, 4) is 0 Å². The molecule has 8 heteroatoms. The molecule has 0 radical (unpaired) electrons. The zero-order valence-electron chi connectivity index (χ0n) is 18.9. The Hall–Kier alpha value is -3.29. The number of rotatable bonds is 7. The first-order valence-corrected chi connectivity index (χ1v) is 11.2. The summed E-state index contributed by atoms with van der Waals surface area (Å²) in [6.07, 6.45) is 6.48. The number of amides is 1. The van der Waals surface area contributed by atoms with E-state index in [2.05, 4.69) is 25.5 Å². The average Bonchev–Trinajstić information content (AvgIpc) is 3.29. The highest BCUT2D eigenvalue weighted by Gasteiger charge is 2.26. The van der Waals surface area contributed by atoms with Crippen LogP contribution in [0.15, 0.2) is 41.1 Å². The van der Waals surface area contributed by atoms with E-state index in [0.717, 1.165) is 42.1 Å². The van der Waals surface area contributed by atoms with E-state index >= 15 is 0 Å². The fraction of sp³-hybridized carbons (Fsp3) is 0.458. The lowest BCUT2D eigenvalue weighted by Crippen LogP contribution is -2.39. The molecule has 168 valence electrons. The van der Waals surface area contributed by atoms with E-state index in [1.54, 1.807) is 6.20 Å². The van der Waals surface area contributed by atoms with Gasteiger partial charge in [-0.2, -0.15) is 0 Å². The predicted molar refractivity (Wildman–Crippen MR) is 122 cm³/mol. The number of carbonyl (C=O) groups excluding carboxylic acids is 1. The topological polar surface area (TPSA) is 97.0 Å². The second kappa shape index (κ2) is 9.89. The maximum Gasteiger partial charge on any atom is 0.223 e. The normalized spacial score (nSPS) is 16.4. The lowest BCUT2D eigenvalue weighted by molar-refractivity contribution is -0.132. The summed E-state index contributed by atoms with van der Waals surface area (Å²) in [5, 5.41) is 11.4. The fourth-order valence-electron chi connectivity index (χ4n) is 3.89. The summed E-state index contributed by atoms with van der Waals surface area (Å²) in [4.78, 5) is 23.8. The van der Waals surface area contributed by atoms with Crippen molar-refractivity contribution in [1.82, 2.24) is 25.1 Å². The molecule has 0 aromatic carbocycles. The molecule has 1 fully saturated rings. The van der Waals surface area contributed by atoms with E-state index in [-0.39, 0.29) is 17.7 Å². The quantitative estimate of drug-likeness (QED) is 0.589. The van der Waals surface area contributed by atoms with E-state index in [1.807, 2.05) is 56.1 Å². The smallest absolute Gasteiger partial charge is 0.223 e. The van der Waals surface area contributed by atoms with E-state index in [0.29, 0.717) is 31.2 Å². The number of hydrogen-bond acceptors (Lipinski definition) is 7. The van der Waals surface area contributed by atoms with Gasteiger partial charge in [0.2, 0.25) is 17.7 Å². The van der Waals surface area contributed by atoms with Gasteiger partial charge in [0.25, 0.3) is 0 Å². The number of nitrogens with zero attached hydrogens (tertiary/aromatic N) is 5. The molecule has 3 aromatic rings. The van der Waals surface area contributed by atoms with Crippen molar-refractivity contribution in [3.63, 3.8) is 0 Å². The second-order valence-electron chi connectivity index (χ2n) is 8.63. The van der Waals surface area contributed by atoms with Crippen molar-refractivity contribution >= 4 is 17.4 Å². The van der Waals surface area contributed by atoms with Gasteiger partial charge in [0.05, 0.1) is 11.9 Å². The molecule has 0 bridgehead atoms. The van der Waals surface area contributed by atoms with Gasteiger partial charge in [-0.15, -0.1) is 10.2 Å². The van der Waals surface area contributed by atoms with Crippen molar-refractivity contribution in [1.29, 1.82) is 0 Å². The highest BCUT2D eigenvalue weighted by molar-refractivity contribution is 5.76. The molecule has 1 N–H and O–H groups in total. The number of pyridine rings is 2. The molecule has 1 saturated heterocycles. The number of hydrogen-bond donors (Lipinski definition) is 1.